The Bertz CT molecular complexity index is 327. The molecule has 1 aromatic carbocycles. The summed E-state index contributed by atoms with van der Waals surface area (Å²) >= 11 is 3.08. The third-order valence-corrected chi connectivity index (χ3v) is 2.06. The molecule has 1 rings (SSSR count). The molecule has 14 heavy (non-hydrogen) atoms. The Morgan fingerprint density at radius 3 is 2.50 bits per heavy atom. The van der Waals surface area contributed by atoms with Gasteiger partial charge in [-0.1, -0.05) is 0 Å². The quantitative estimate of drug-likeness (QED) is 0.838. The molecule has 0 saturated heterocycles. The minimum atomic E-state index is -4.33. The average molecular weight is 270 g/mol. The van der Waals surface area contributed by atoms with Gasteiger partial charge in [0, 0.05) is 10.2 Å². The second kappa shape index (κ2) is 4.08. The molecule has 0 heterocycles. The van der Waals surface area contributed by atoms with Crippen molar-refractivity contribution in [3.8, 4) is 5.75 Å². The van der Waals surface area contributed by atoms with Crippen molar-refractivity contribution in [3.63, 3.8) is 0 Å². The maximum atomic E-state index is 11.8. The lowest BCUT2D eigenvalue weighted by molar-refractivity contribution is -0.153. The first-order valence-corrected chi connectivity index (χ1v) is 4.42. The minimum Gasteiger partial charge on any atom is -0.484 e. The fourth-order valence-corrected chi connectivity index (χ4v) is 1.12. The van der Waals surface area contributed by atoms with Crippen molar-refractivity contribution in [1.29, 1.82) is 0 Å². The standard InChI is InChI=1S/C8H7BrF3NO/c9-6-3-5(1-2-7(6)13)14-4-8(10,11)12/h1-3H,4,13H2. The Morgan fingerprint density at radius 2 is 2.00 bits per heavy atom. The lowest BCUT2D eigenvalue weighted by Crippen LogP contribution is -2.19. The zero-order valence-corrected chi connectivity index (χ0v) is 8.52. The van der Waals surface area contributed by atoms with E-state index in [1.165, 1.54) is 18.2 Å². The third-order valence-electron chi connectivity index (χ3n) is 1.37. The van der Waals surface area contributed by atoms with Crippen molar-refractivity contribution >= 4 is 21.6 Å². The monoisotopic (exact) mass is 269 g/mol. The lowest BCUT2D eigenvalue weighted by Gasteiger charge is -2.09. The van der Waals surface area contributed by atoms with Crippen LogP contribution in [0.15, 0.2) is 22.7 Å². The van der Waals surface area contributed by atoms with E-state index in [9.17, 15) is 13.2 Å². The van der Waals surface area contributed by atoms with Crippen LogP contribution in [-0.4, -0.2) is 12.8 Å². The molecule has 0 aliphatic heterocycles. The van der Waals surface area contributed by atoms with Crippen LogP contribution in [0, 0.1) is 0 Å². The van der Waals surface area contributed by atoms with Gasteiger partial charge >= 0.3 is 6.18 Å². The molecule has 1 aromatic rings. The second-order valence-electron chi connectivity index (χ2n) is 2.59. The van der Waals surface area contributed by atoms with Crippen molar-refractivity contribution in [1.82, 2.24) is 0 Å². The molecule has 0 bridgehead atoms. The summed E-state index contributed by atoms with van der Waals surface area (Å²) in [6.07, 6.45) is -4.33. The smallest absolute Gasteiger partial charge is 0.422 e. The minimum absolute atomic E-state index is 0.128. The van der Waals surface area contributed by atoms with Gasteiger partial charge in [0.1, 0.15) is 5.75 Å². The van der Waals surface area contributed by atoms with Crippen molar-refractivity contribution < 1.29 is 17.9 Å². The summed E-state index contributed by atoms with van der Waals surface area (Å²) in [7, 11) is 0. The normalized spacial score (nSPS) is 11.4. The van der Waals surface area contributed by atoms with Crippen LogP contribution in [0.3, 0.4) is 0 Å². The zero-order valence-electron chi connectivity index (χ0n) is 6.94. The number of ether oxygens (including phenoxy) is 1. The number of benzene rings is 1. The van der Waals surface area contributed by atoms with Crippen molar-refractivity contribution in [2.45, 2.75) is 6.18 Å². The Balaban J connectivity index is 2.65. The Labute approximate surface area is 87.0 Å². The van der Waals surface area contributed by atoms with Gasteiger partial charge in [0.25, 0.3) is 0 Å². The van der Waals surface area contributed by atoms with Crippen LogP contribution in [0.4, 0.5) is 18.9 Å². The van der Waals surface area contributed by atoms with Crippen molar-refractivity contribution in [2.75, 3.05) is 12.3 Å². The van der Waals surface area contributed by atoms with Gasteiger partial charge in [-0.25, -0.2) is 0 Å². The van der Waals surface area contributed by atoms with E-state index in [-0.39, 0.29) is 5.75 Å². The molecule has 0 aromatic heterocycles. The molecule has 2 N–H and O–H groups in total. The number of hydrogen-bond donors (Lipinski definition) is 1. The topological polar surface area (TPSA) is 35.2 Å². The van der Waals surface area contributed by atoms with Crippen LogP contribution in [0.2, 0.25) is 0 Å². The Hall–Kier alpha value is -0.910. The number of alkyl halides is 3. The highest BCUT2D eigenvalue weighted by molar-refractivity contribution is 9.10. The largest absolute Gasteiger partial charge is 0.484 e. The maximum Gasteiger partial charge on any atom is 0.422 e. The number of anilines is 1. The van der Waals surface area contributed by atoms with Crippen LogP contribution in [0.25, 0.3) is 0 Å². The summed E-state index contributed by atoms with van der Waals surface area (Å²) < 4.78 is 40.3. The zero-order chi connectivity index (χ0) is 10.8. The number of hydrogen-bond acceptors (Lipinski definition) is 2. The first-order valence-electron chi connectivity index (χ1n) is 3.63. The van der Waals surface area contributed by atoms with Gasteiger partial charge < -0.3 is 10.5 Å². The molecule has 0 saturated carbocycles. The highest BCUT2D eigenvalue weighted by Crippen LogP contribution is 2.26. The molecule has 0 radical (unpaired) electrons. The lowest BCUT2D eigenvalue weighted by atomic mass is 10.3. The summed E-state index contributed by atoms with van der Waals surface area (Å²) in [4.78, 5) is 0. The second-order valence-corrected chi connectivity index (χ2v) is 3.44. The highest BCUT2D eigenvalue weighted by atomic mass is 79.9. The van der Waals surface area contributed by atoms with E-state index < -0.39 is 12.8 Å². The van der Waals surface area contributed by atoms with E-state index in [1.807, 2.05) is 0 Å². The summed E-state index contributed by atoms with van der Waals surface area (Å²) in [6, 6.07) is 4.24. The van der Waals surface area contributed by atoms with E-state index >= 15 is 0 Å². The van der Waals surface area contributed by atoms with Crippen LogP contribution in [0.5, 0.6) is 5.75 Å². The molecule has 0 atom stereocenters. The number of halogens is 4. The van der Waals surface area contributed by atoms with Gasteiger partial charge in [0.2, 0.25) is 0 Å². The summed E-state index contributed by atoms with van der Waals surface area (Å²) in [5, 5.41) is 0. The van der Waals surface area contributed by atoms with E-state index in [1.54, 1.807) is 0 Å². The fourth-order valence-electron chi connectivity index (χ4n) is 0.763. The molecule has 0 aliphatic carbocycles. The first kappa shape index (κ1) is 11.2. The molecule has 2 nitrogen and oxygen atoms in total. The molecule has 0 spiro atoms. The average Bonchev–Trinajstić information content (AvgIpc) is 2.06. The number of nitrogens with two attached hydrogens (primary N) is 1. The Morgan fingerprint density at radius 1 is 1.36 bits per heavy atom. The molecule has 78 valence electrons. The predicted molar refractivity (Wildman–Crippen MR) is 50.1 cm³/mol. The summed E-state index contributed by atoms with van der Waals surface area (Å²) in [5.41, 5.74) is 5.89. The van der Waals surface area contributed by atoms with Gasteiger partial charge in [-0.05, 0) is 34.1 Å². The van der Waals surface area contributed by atoms with Crippen LogP contribution < -0.4 is 10.5 Å². The fraction of sp³-hybridized carbons (Fsp3) is 0.250. The van der Waals surface area contributed by atoms with E-state index in [0.717, 1.165) is 0 Å². The van der Waals surface area contributed by atoms with E-state index in [4.69, 9.17) is 5.73 Å². The van der Waals surface area contributed by atoms with Crippen LogP contribution in [-0.2, 0) is 0 Å². The van der Waals surface area contributed by atoms with Crippen molar-refractivity contribution in [2.24, 2.45) is 0 Å². The van der Waals surface area contributed by atoms with Gasteiger partial charge in [-0.15, -0.1) is 0 Å². The maximum absolute atomic E-state index is 11.8. The van der Waals surface area contributed by atoms with Gasteiger partial charge in [0.15, 0.2) is 6.61 Å². The molecule has 6 heteroatoms. The molecule has 0 amide bonds. The first-order chi connectivity index (χ1) is 6.38. The van der Waals surface area contributed by atoms with E-state index in [2.05, 4.69) is 20.7 Å². The number of nitrogen functional groups attached to an aromatic ring is 1. The summed E-state index contributed by atoms with van der Waals surface area (Å²) in [6.45, 7) is -1.30. The van der Waals surface area contributed by atoms with Gasteiger partial charge in [0.05, 0.1) is 0 Å². The predicted octanol–water partition coefficient (Wildman–Crippen LogP) is 2.97. The van der Waals surface area contributed by atoms with Gasteiger partial charge in [-0.2, -0.15) is 13.2 Å². The highest BCUT2D eigenvalue weighted by Gasteiger charge is 2.28. The van der Waals surface area contributed by atoms with Crippen molar-refractivity contribution in [3.05, 3.63) is 22.7 Å². The van der Waals surface area contributed by atoms with Crippen LogP contribution in [0.1, 0.15) is 0 Å². The SMILES string of the molecule is Nc1ccc(OCC(F)(F)F)cc1Br. The molecule has 0 unspecified atom stereocenters. The molecule has 0 aliphatic rings. The van der Waals surface area contributed by atoms with E-state index in [0.29, 0.717) is 10.2 Å². The third kappa shape index (κ3) is 3.45. The molecular formula is C8H7BrF3NO. The number of rotatable bonds is 2. The molecular weight excluding hydrogens is 263 g/mol. The Kier molecular flexibility index (Phi) is 3.25. The molecule has 0 fully saturated rings. The van der Waals surface area contributed by atoms with Gasteiger partial charge in [-0.3, -0.25) is 0 Å². The summed E-state index contributed by atoms with van der Waals surface area (Å²) in [5.74, 6) is 0.128. The van der Waals surface area contributed by atoms with Crippen LogP contribution >= 0.6 is 15.9 Å².